The molecule has 1 aromatic carbocycles. The monoisotopic (exact) mass is 295 g/mol. The van der Waals surface area contributed by atoms with Gasteiger partial charge in [-0.2, -0.15) is 0 Å². The molecule has 0 atom stereocenters. The van der Waals surface area contributed by atoms with Gasteiger partial charge in [-0.15, -0.1) is 0 Å². The summed E-state index contributed by atoms with van der Waals surface area (Å²) >= 11 is 0. The zero-order chi connectivity index (χ0) is 15.5. The molecule has 3 rings (SSSR count). The molecule has 2 aromatic rings. The molecule has 22 heavy (non-hydrogen) atoms. The van der Waals surface area contributed by atoms with E-state index < -0.39 is 0 Å². The minimum atomic E-state index is -0.117. The van der Waals surface area contributed by atoms with E-state index in [1.54, 1.807) is 36.4 Å². The molecule has 0 radical (unpaired) electrons. The Hall–Kier alpha value is -2.69. The van der Waals surface area contributed by atoms with E-state index in [4.69, 9.17) is 0 Å². The molecule has 0 unspecified atom stereocenters. The number of carbonyl (C=O) groups excluding carboxylic acids is 2. The Labute approximate surface area is 129 Å². The van der Waals surface area contributed by atoms with E-state index >= 15 is 0 Å². The number of nitrogens with zero attached hydrogens (tertiary/aromatic N) is 2. The molecule has 1 aliphatic rings. The number of nitrogens with one attached hydrogen (secondary N) is 1. The van der Waals surface area contributed by atoms with Gasteiger partial charge < -0.3 is 10.2 Å². The van der Waals surface area contributed by atoms with Gasteiger partial charge in [0, 0.05) is 43.7 Å². The molecule has 5 nitrogen and oxygen atoms in total. The van der Waals surface area contributed by atoms with Crippen LogP contribution in [-0.4, -0.2) is 23.3 Å². The SMILES string of the molecule is CC(=O)N1CCc2cc(CNC(=O)c3ccncc3)ccc21. The van der Waals surface area contributed by atoms with Crippen LogP contribution in [0.15, 0.2) is 42.7 Å². The topological polar surface area (TPSA) is 62.3 Å². The first-order chi connectivity index (χ1) is 10.6. The summed E-state index contributed by atoms with van der Waals surface area (Å²) in [5, 5.41) is 2.89. The first-order valence-electron chi connectivity index (χ1n) is 7.23. The molecule has 2 heterocycles. The highest BCUT2D eigenvalue weighted by Crippen LogP contribution is 2.28. The fourth-order valence-corrected chi connectivity index (χ4v) is 2.68. The summed E-state index contributed by atoms with van der Waals surface area (Å²) in [6.45, 7) is 2.78. The molecule has 1 aromatic heterocycles. The first-order valence-corrected chi connectivity index (χ1v) is 7.23. The van der Waals surface area contributed by atoms with Crippen molar-refractivity contribution < 1.29 is 9.59 Å². The highest BCUT2D eigenvalue weighted by Gasteiger charge is 2.22. The number of hydrogen-bond donors (Lipinski definition) is 1. The molecular formula is C17H17N3O2. The lowest BCUT2D eigenvalue weighted by atomic mass is 10.1. The number of rotatable bonds is 3. The van der Waals surface area contributed by atoms with Crippen molar-refractivity contribution in [1.82, 2.24) is 10.3 Å². The van der Waals surface area contributed by atoms with Crippen LogP contribution in [0.1, 0.15) is 28.4 Å². The van der Waals surface area contributed by atoms with Gasteiger partial charge in [0.05, 0.1) is 0 Å². The van der Waals surface area contributed by atoms with Crippen molar-refractivity contribution >= 4 is 17.5 Å². The number of hydrogen-bond acceptors (Lipinski definition) is 3. The maximum absolute atomic E-state index is 12.0. The third-order valence-corrected chi connectivity index (χ3v) is 3.82. The van der Waals surface area contributed by atoms with Gasteiger partial charge in [-0.25, -0.2) is 0 Å². The average Bonchev–Trinajstić information content (AvgIpc) is 2.96. The number of benzene rings is 1. The van der Waals surface area contributed by atoms with E-state index in [2.05, 4.69) is 16.4 Å². The Morgan fingerprint density at radius 1 is 1.23 bits per heavy atom. The Balaban J connectivity index is 1.68. The van der Waals surface area contributed by atoms with E-state index in [9.17, 15) is 9.59 Å². The van der Waals surface area contributed by atoms with Gasteiger partial charge in [0.1, 0.15) is 0 Å². The zero-order valence-electron chi connectivity index (χ0n) is 12.4. The van der Waals surface area contributed by atoms with Crippen LogP contribution in [0, 0.1) is 0 Å². The number of pyridine rings is 1. The van der Waals surface area contributed by atoms with Gasteiger partial charge in [-0.1, -0.05) is 12.1 Å². The van der Waals surface area contributed by atoms with E-state index in [1.165, 1.54) is 0 Å². The molecule has 0 aliphatic carbocycles. The maximum atomic E-state index is 12.0. The smallest absolute Gasteiger partial charge is 0.251 e. The molecule has 0 bridgehead atoms. The summed E-state index contributed by atoms with van der Waals surface area (Å²) in [5.41, 5.74) is 3.77. The van der Waals surface area contributed by atoms with Gasteiger partial charge in [-0.3, -0.25) is 14.6 Å². The van der Waals surface area contributed by atoms with E-state index in [1.807, 2.05) is 12.1 Å². The number of carbonyl (C=O) groups is 2. The Kier molecular flexibility index (Phi) is 3.87. The second-order valence-electron chi connectivity index (χ2n) is 5.30. The fourth-order valence-electron chi connectivity index (χ4n) is 2.68. The van der Waals surface area contributed by atoms with Crippen LogP contribution < -0.4 is 10.2 Å². The van der Waals surface area contributed by atoms with Gasteiger partial charge >= 0.3 is 0 Å². The van der Waals surface area contributed by atoms with Crippen LogP contribution in [0.4, 0.5) is 5.69 Å². The Morgan fingerprint density at radius 2 is 2.00 bits per heavy atom. The lowest BCUT2D eigenvalue weighted by Gasteiger charge is -2.15. The predicted octanol–water partition coefficient (Wildman–Crippen LogP) is 1.92. The van der Waals surface area contributed by atoms with Crippen LogP contribution in [0.2, 0.25) is 0 Å². The van der Waals surface area contributed by atoms with E-state index in [-0.39, 0.29) is 11.8 Å². The molecule has 0 saturated heterocycles. The highest BCUT2D eigenvalue weighted by atomic mass is 16.2. The average molecular weight is 295 g/mol. The van der Waals surface area contributed by atoms with Crippen LogP contribution in [0.3, 0.4) is 0 Å². The molecule has 2 amide bonds. The molecule has 5 heteroatoms. The Morgan fingerprint density at radius 3 is 2.73 bits per heavy atom. The third-order valence-electron chi connectivity index (χ3n) is 3.82. The third kappa shape index (κ3) is 2.83. The van der Waals surface area contributed by atoms with Crippen LogP contribution in [-0.2, 0) is 17.8 Å². The molecule has 112 valence electrons. The van der Waals surface area contributed by atoms with E-state index in [0.29, 0.717) is 12.1 Å². The van der Waals surface area contributed by atoms with Crippen molar-refractivity contribution in [3.63, 3.8) is 0 Å². The second-order valence-corrected chi connectivity index (χ2v) is 5.30. The lowest BCUT2D eigenvalue weighted by Crippen LogP contribution is -2.25. The van der Waals surface area contributed by atoms with Crippen molar-refractivity contribution in [1.29, 1.82) is 0 Å². The molecule has 1 N–H and O–H groups in total. The number of fused-ring (bicyclic) bond motifs is 1. The van der Waals surface area contributed by atoms with Gasteiger partial charge in [0.15, 0.2) is 0 Å². The first kappa shape index (κ1) is 14.3. The van der Waals surface area contributed by atoms with Crippen molar-refractivity contribution in [3.8, 4) is 0 Å². The van der Waals surface area contributed by atoms with Crippen molar-refractivity contribution in [3.05, 3.63) is 59.4 Å². The predicted molar refractivity (Wildman–Crippen MR) is 83.6 cm³/mol. The fraction of sp³-hybridized carbons (Fsp3) is 0.235. The van der Waals surface area contributed by atoms with Crippen LogP contribution in [0.5, 0.6) is 0 Å². The summed E-state index contributed by atoms with van der Waals surface area (Å²) in [6, 6.07) is 9.33. The maximum Gasteiger partial charge on any atom is 0.251 e. The van der Waals surface area contributed by atoms with Crippen molar-refractivity contribution in [2.75, 3.05) is 11.4 Å². The second kappa shape index (κ2) is 5.97. The standard InChI is InChI=1S/C17H17N3O2/c1-12(21)20-9-6-15-10-13(2-3-16(15)20)11-19-17(22)14-4-7-18-8-5-14/h2-5,7-8,10H,6,9,11H2,1H3,(H,19,22). The van der Waals surface area contributed by atoms with Gasteiger partial charge in [0.2, 0.25) is 5.91 Å². The minimum Gasteiger partial charge on any atom is -0.348 e. The lowest BCUT2D eigenvalue weighted by molar-refractivity contribution is -0.116. The molecule has 0 fully saturated rings. The normalized spacial score (nSPS) is 12.9. The number of aromatic nitrogens is 1. The quantitative estimate of drug-likeness (QED) is 0.941. The van der Waals surface area contributed by atoms with Crippen LogP contribution in [0.25, 0.3) is 0 Å². The minimum absolute atomic E-state index is 0.0671. The molecule has 0 spiro atoms. The summed E-state index contributed by atoms with van der Waals surface area (Å²) < 4.78 is 0. The number of anilines is 1. The van der Waals surface area contributed by atoms with Crippen molar-refractivity contribution in [2.45, 2.75) is 19.9 Å². The van der Waals surface area contributed by atoms with Crippen molar-refractivity contribution in [2.24, 2.45) is 0 Å². The van der Waals surface area contributed by atoms with Gasteiger partial charge in [0.25, 0.3) is 5.91 Å². The van der Waals surface area contributed by atoms with Gasteiger partial charge in [-0.05, 0) is 35.7 Å². The Bertz CT molecular complexity index is 713. The molecule has 1 aliphatic heterocycles. The summed E-state index contributed by atoms with van der Waals surface area (Å²) in [7, 11) is 0. The summed E-state index contributed by atoms with van der Waals surface area (Å²) in [6.07, 6.45) is 4.06. The van der Waals surface area contributed by atoms with E-state index in [0.717, 1.165) is 29.8 Å². The molecule has 0 saturated carbocycles. The van der Waals surface area contributed by atoms with Crippen LogP contribution >= 0.6 is 0 Å². The zero-order valence-corrected chi connectivity index (χ0v) is 12.4. The molecular weight excluding hydrogens is 278 g/mol. The summed E-state index contributed by atoms with van der Waals surface area (Å²) in [4.78, 5) is 29.2. The summed E-state index contributed by atoms with van der Waals surface area (Å²) in [5.74, 6) is -0.0502. The number of amides is 2. The highest BCUT2D eigenvalue weighted by molar-refractivity contribution is 5.94. The largest absolute Gasteiger partial charge is 0.348 e.